The maximum Gasteiger partial charge on any atom is 0.245 e. The van der Waals surface area contributed by atoms with E-state index in [4.69, 9.17) is 11.6 Å². The number of carbonyl (C=O) groups is 1. The van der Waals surface area contributed by atoms with Crippen LogP contribution in [0.3, 0.4) is 0 Å². The van der Waals surface area contributed by atoms with Gasteiger partial charge in [-0.1, -0.05) is 11.6 Å². The number of fused-ring (bicyclic) bond motifs is 1. The Bertz CT molecular complexity index is 690. The van der Waals surface area contributed by atoms with Crippen LogP contribution in [-0.2, 0) is 11.2 Å². The van der Waals surface area contributed by atoms with Gasteiger partial charge in [0, 0.05) is 18.4 Å². The van der Waals surface area contributed by atoms with Gasteiger partial charge in [-0.25, -0.2) is 9.37 Å². The fraction of sp³-hybridized carbons (Fsp3) is 0.250. The van der Waals surface area contributed by atoms with Gasteiger partial charge in [-0.15, -0.1) is 0 Å². The van der Waals surface area contributed by atoms with Crippen LogP contribution in [0.25, 0.3) is 0 Å². The Morgan fingerprint density at radius 3 is 3.00 bits per heavy atom. The number of aryl methyl sites for hydroxylation is 1. The Balaban J connectivity index is 1.69. The molecular formula is C16H15ClFN3O. The molecule has 114 valence electrons. The summed E-state index contributed by atoms with van der Waals surface area (Å²) in [5.41, 5.74) is 1.87. The van der Waals surface area contributed by atoms with E-state index in [1.807, 2.05) is 4.90 Å². The van der Waals surface area contributed by atoms with Gasteiger partial charge in [0.05, 0.1) is 11.6 Å². The topological polar surface area (TPSA) is 45.2 Å². The fourth-order valence-electron chi connectivity index (χ4n) is 2.61. The number of nitrogens with one attached hydrogen (secondary N) is 1. The molecular weight excluding hydrogens is 305 g/mol. The minimum Gasteiger partial charge on any atom is -0.362 e. The Hall–Kier alpha value is -2.14. The Kier molecular flexibility index (Phi) is 4.24. The summed E-state index contributed by atoms with van der Waals surface area (Å²) in [6.07, 6.45) is 3.23. The molecule has 2 heterocycles. The number of hydrogen-bond acceptors (Lipinski definition) is 3. The first-order chi connectivity index (χ1) is 10.6. The minimum absolute atomic E-state index is 0.160. The van der Waals surface area contributed by atoms with Crippen molar-refractivity contribution < 1.29 is 9.18 Å². The molecule has 1 N–H and O–H groups in total. The third kappa shape index (κ3) is 3.36. The molecule has 1 amide bonds. The molecule has 0 unspecified atom stereocenters. The van der Waals surface area contributed by atoms with Crippen molar-refractivity contribution in [3.05, 3.63) is 52.9 Å². The average Bonchev–Trinajstić information content (AvgIpc) is 2.49. The number of hydrogen-bond donors (Lipinski definition) is 1. The van der Waals surface area contributed by atoms with Crippen molar-refractivity contribution in [3.63, 3.8) is 0 Å². The molecule has 1 aromatic carbocycles. The van der Waals surface area contributed by atoms with Crippen LogP contribution in [0.1, 0.15) is 12.0 Å². The number of amides is 1. The van der Waals surface area contributed by atoms with Crippen LogP contribution in [0.15, 0.2) is 36.5 Å². The summed E-state index contributed by atoms with van der Waals surface area (Å²) in [6.45, 7) is 0.989. The zero-order chi connectivity index (χ0) is 15.5. The summed E-state index contributed by atoms with van der Waals surface area (Å²) >= 11 is 5.76. The summed E-state index contributed by atoms with van der Waals surface area (Å²) < 4.78 is 13.3. The molecule has 0 saturated heterocycles. The van der Waals surface area contributed by atoms with Gasteiger partial charge in [-0.3, -0.25) is 4.79 Å². The molecule has 0 radical (unpaired) electrons. The van der Waals surface area contributed by atoms with Crippen molar-refractivity contribution >= 4 is 29.0 Å². The molecule has 2 aromatic rings. The number of anilines is 2. The van der Waals surface area contributed by atoms with Crippen LogP contribution in [0, 0.1) is 5.82 Å². The summed E-state index contributed by atoms with van der Waals surface area (Å²) in [7, 11) is 0. The van der Waals surface area contributed by atoms with E-state index in [0.717, 1.165) is 30.6 Å². The number of benzene rings is 1. The summed E-state index contributed by atoms with van der Waals surface area (Å²) in [4.78, 5) is 18.1. The highest BCUT2D eigenvalue weighted by molar-refractivity contribution is 6.30. The highest BCUT2D eigenvalue weighted by Crippen LogP contribution is 2.27. The van der Waals surface area contributed by atoms with Crippen molar-refractivity contribution in [3.8, 4) is 0 Å². The van der Waals surface area contributed by atoms with Gasteiger partial charge in [0.2, 0.25) is 5.91 Å². The van der Waals surface area contributed by atoms with E-state index in [2.05, 4.69) is 10.3 Å². The van der Waals surface area contributed by atoms with Gasteiger partial charge in [-0.2, -0.15) is 0 Å². The molecule has 0 bridgehead atoms. The average molecular weight is 320 g/mol. The van der Waals surface area contributed by atoms with Crippen molar-refractivity contribution in [2.45, 2.75) is 12.8 Å². The van der Waals surface area contributed by atoms with E-state index in [1.165, 1.54) is 12.3 Å². The molecule has 6 heteroatoms. The van der Waals surface area contributed by atoms with Crippen LogP contribution in [0.4, 0.5) is 15.9 Å². The zero-order valence-corrected chi connectivity index (χ0v) is 12.6. The lowest BCUT2D eigenvalue weighted by Gasteiger charge is -2.30. The maximum absolute atomic E-state index is 13.3. The number of pyridine rings is 1. The molecule has 1 aliphatic rings. The normalized spacial score (nSPS) is 13.6. The lowest BCUT2D eigenvalue weighted by atomic mass is 10.0. The predicted octanol–water partition coefficient (Wildman–Crippen LogP) is 3.27. The van der Waals surface area contributed by atoms with Crippen molar-refractivity contribution in [1.29, 1.82) is 0 Å². The monoisotopic (exact) mass is 319 g/mol. The second kappa shape index (κ2) is 6.32. The van der Waals surface area contributed by atoms with E-state index >= 15 is 0 Å². The SMILES string of the molecule is O=C(CN1CCCc2cc(F)ccc21)Nc1ccc(Cl)cn1. The molecule has 22 heavy (non-hydrogen) atoms. The second-order valence-electron chi connectivity index (χ2n) is 5.21. The smallest absolute Gasteiger partial charge is 0.245 e. The van der Waals surface area contributed by atoms with E-state index in [9.17, 15) is 9.18 Å². The predicted molar refractivity (Wildman–Crippen MR) is 84.8 cm³/mol. The third-order valence-electron chi connectivity index (χ3n) is 3.59. The van der Waals surface area contributed by atoms with Crippen LogP contribution in [-0.4, -0.2) is 24.0 Å². The van der Waals surface area contributed by atoms with Gasteiger partial charge in [0.25, 0.3) is 0 Å². The Labute approximate surface area is 132 Å². The molecule has 1 aliphatic heterocycles. The first-order valence-electron chi connectivity index (χ1n) is 7.06. The maximum atomic E-state index is 13.3. The van der Waals surface area contributed by atoms with Crippen LogP contribution >= 0.6 is 11.6 Å². The molecule has 0 saturated carbocycles. The molecule has 0 spiro atoms. The second-order valence-corrected chi connectivity index (χ2v) is 5.64. The van der Waals surface area contributed by atoms with E-state index in [0.29, 0.717) is 10.8 Å². The lowest BCUT2D eigenvalue weighted by Crippen LogP contribution is -2.36. The highest BCUT2D eigenvalue weighted by Gasteiger charge is 2.19. The highest BCUT2D eigenvalue weighted by atomic mass is 35.5. The molecule has 4 nitrogen and oxygen atoms in total. The van der Waals surface area contributed by atoms with Crippen LogP contribution < -0.4 is 10.2 Å². The largest absolute Gasteiger partial charge is 0.362 e. The van der Waals surface area contributed by atoms with Crippen molar-refractivity contribution in [2.75, 3.05) is 23.3 Å². The van der Waals surface area contributed by atoms with Gasteiger partial charge < -0.3 is 10.2 Å². The molecule has 0 fully saturated rings. The molecule has 0 atom stereocenters. The number of aromatic nitrogens is 1. The van der Waals surface area contributed by atoms with Gasteiger partial charge in [-0.05, 0) is 48.7 Å². The van der Waals surface area contributed by atoms with Crippen molar-refractivity contribution in [2.24, 2.45) is 0 Å². The van der Waals surface area contributed by atoms with E-state index < -0.39 is 0 Å². The number of rotatable bonds is 3. The quantitative estimate of drug-likeness (QED) is 0.944. The van der Waals surface area contributed by atoms with Crippen LogP contribution in [0.2, 0.25) is 5.02 Å². The summed E-state index contributed by atoms with van der Waals surface area (Å²) in [5, 5.41) is 3.25. The van der Waals surface area contributed by atoms with E-state index in [1.54, 1.807) is 24.3 Å². The number of carbonyl (C=O) groups excluding carboxylic acids is 1. The fourth-order valence-corrected chi connectivity index (χ4v) is 2.73. The molecule has 0 aliphatic carbocycles. The van der Waals surface area contributed by atoms with Gasteiger partial charge in [0.1, 0.15) is 11.6 Å². The lowest BCUT2D eigenvalue weighted by molar-refractivity contribution is -0.115. The Morgan fingerprint density at radius 1 is 1.36 bits per heavy atom. The first-order valence-corrected chi connectivity index (χ1v) is 7.44. The standard InChI is InChI=1S/C16H15ClFN3O/c17-12-3-6-15(19-9-12)20-16(22)10-21-7-1-2-11-8-13(18)4-5-14(11)21/h3-6,8-9H,1-2,7,10H2,(H,19,20,22). The summed E-state index contributed by atoms with van der Waals surface area (Å²) in [6, 6.07) is 8.02. The van der Waals surface area contributed by atoms with Gasteiger partial charge >= 0.3 is 0 Å². The van der Waals surface area contributed by atoms with Crippen molar-refractivity contribution in [1.82, 2.24) is 4.98 Å². The number of halogens is 2. The van der Waals surface area contributed by atoms with E-state index in [-0.39, 0.29) is 18.3 Å². The summed E-state index contributed by atoms with van der Waals surface area (Å²) in [5.74, 6) is 0.0631. The Morgan fingerprint density at radius 2 is 2.23 bits per heavy atom. The van der Waals surface area contributed by atoms with Crippen LogP contribution in [0.5, 0.6) is 0 Å². The minimum atomic E-state index is -0.240. The van der Waals surface area contributed by atoms with Gasteiger partial charge in [0.15, 0.2) is 0 Å². The first kappa shape index (κ1) is 14.8. The molecule has 3 rings (SSSR count). The third-order valence-corrected chi connectivity index (χ3v) is 3.81. The molecule has 1 aromatic heterocycles. The number of nitrogens with zero attached hydrogens (tertiary/aromatic N) is 2. The zero-order valence-electron chi connectivity index (χ0n) is 11.9.